The number of unbranched alkanes of at least 4 members (excludes halogenated alkanes) is 19. The molecule has 0 rings (SSSR count). The number of rotatable bonds is 37. The summed E-state index contributed by atoms with van der Waals surface area (Å²) in [6.07, 6.45) is 33.9. The maximum absolute atomic E-state index is 12.6. The average molecular weight is 746 g/mol. The highest BCUT2D eigenvalue weighted by Gasteiger charge is 2.28. The van der Waals surface area contributed by atoms with Crippen molar-refractivity contribution in [3.8, 4) is 0 Å². The fourth-order valence-electron chi connectivity index (χ4n) is 5.23. The normalized spacial score (nSPS) is 14.1. The number of phosphoric acid groups is 1. The van der Waals surface area contributed by atoms with Crippen LogP contribution in [0.2, 0.25) is 0 Å². The van der Waals surface area contributed by atoms with Crippen molar-refractivity contribution in [2.75, 3.05) is 19.8 Å². The van der Waals surface area contributed by atoms with E-state index >= 15 is 0 Å². The molecule has 0 spiro atoms. The predicted octanol–water partition coefficient (Wildman–Crippen LogP) is 9.89. The molecule has 0 fully saturated rings. The number of aliphatic carboxylic acids is 1. The van der Waals surface area contributed by atoms with Gasteiger partial charge in [0.15, 0.2) is 6.10 Å². The van der Waals surface area contributed by atoms with Crippen LogP contribution in [0.5, 0.6) is 0 Å². The van der Waals surface area contributed by atoms with Gasteiger partial charge in [0.05, 0.1) is 13.2 Å². The molecule has 0 aliphatic carbocycles. The summed E-state index contributed by atoms with van der Waals surface area (Å²) >= 11 is 0. The molecule has 0 bridgehead atoms. The van der Waals surface area contributed by atoms with E-state index in [1.54, 1.807) is 0 Å². The van der Waals surface area contributed by atoms with Gasteiger partial charge in [-0.15, -0.1) is 0 Å². The number of ether oxygens (including phenoxy) is 2. The number of nitrogens with two attached hydrogens (primary N) is 1. The van der Waals surface area contributed by atoms with Gasteiger partial charge in [0, 0.05) is 12.8 Å². The fraction of sp³-hybridized carbons (Fsp3) is 0.821. The average Bonchev–Trinajstić information content (AvgIpc) is 3.10. The number of carbonyl (C=O) groups excluding carboxylic acids is 2. The van der Waals surface area contributed by atoms with Crippen LogP contribution < -0.4 is 5.73 Å². The number of allylic oxidation sites excluding steroid dienone is 4. The Balaban J connectivity index is 4.45. The van der Waals surface area contributed by atoms with Crippen molar-refractivity contribution in [1.29, 1.82) is 0 Å². The van der Waals surface area contributed by atoms with Crippen molar-refractivity contribution in [1.82, 2.24) is 0 Å². The van der Waals surface area contributed by atoms with E-state index in [4.69, 9.17) is 24.8 Å². The second-order valence-electron chi connectivity index (χ2n) is 13.4. The monoisotopic (exact) mass is 745 g/mol. The molecule has 0 heterocycles. The number of esters is 2. The van der Waals surface area contributed by atoms with Crippen molar-refractivity contribution < 1.29 is 47.5 Å². The summed E-state index contributed by atoms with van der Waals surface area (Å²) in [7, 11) is -4.71. The van der Waals surface area contributed by atoms with E-state index in [-0.39, 0.29) is 19.4 Å². The maximum atomic E-state index is 12.6. The second kappa shape index (κ2) is 35.0. The lowest BCUT2D eigenvalue weighted by Gasteiger charge is -2.20. The molecule has 0 aromatic carbocycles. The zero-order valence-corrected chi connectivity index (χ0v) is 32.8. The van der Waals surface area contributed by atoms with Gasteiger partial charge in [0.2, 0.25) is 0 Å². The lowest BCUT2D eigenvalue weighted by atomic mass is 10.1. The zero-order chi connectivity index (χ0) is 37.8. The third-order valence-corrected chi connectivity index (χ3v) is 9.37. The highest BCUT2D eigenvalue weighted by Crippen LogP contribution is 2.43. The first-order chi connectivity index (χ1) is 24.6. The van der Waals surface area contributed by atoms with E-state index in [1.165, 1.54) is 57.8 Å². The third-order valence-electron chi connectivity index (χ3n) is 8.42. The topological polar surface area (TPSA) is 172 Å². The summed E-state index contributed by atoms with van der Waals surface area (Å²) in [6, 6.07) is -1.52. The van der Waals surface area contributed by atoms with Crippen LogP contribution in [0, 0.1) is 0 Å². The first kappa shape index (κ1) is 49.0. The highest BCUT2D eigenvalue weighted by atomic mass is 31.2. The van der Waals surface area contributed by atoms with Crippen LogP contribution in [-0.4, -0.2) is 59.9 Å². The Morgan fingerprint density at radius 2 is 0.980 bits per heavy atom. The van der Waals surface area contributed by atoms with E-state index in [1.807, 2.05) is 0 Å². The van der Waals surface area contributed by atoms with Crippen LogP contribution in [-0.2, 0) is 37.5 Å². The standard InChI is InChI=1S/C39H72NO10P/c1-3-5-7-9-11-13-15-17-19-21-23-25-27-29-31-38(42)50-35(33-48-51(45,46)49-34-36(40)39(43)44)32-47-37(41)30-28-26-24-22-20-18-16-14-12-10-8-6-4-2/h14-17,35-36H,3-13,18-34,40H2,1-2H3,(H,43,44)(H,45,46)/b16-14-,17-15-. The lowest BCUT2D eigenvalue weighted by molar-refractivity contribution is -0.161. The molecular weight excluding hydrogens is 673 g/mol. The Morgan fingerprint density at radius 1 is 0.588 bits per heavy atom. The minimum absolute atomic E-state index is 0.151. The molecule has 3 atom stereocenters. The molecule has 0 aromatic heterocycles. The molecular formula is C39H72NO10P. The first-order valence-corrected chi connectivity index (χ1v) is 21.4. The van der Waals surface area contributed by atoms with Crippen LogP contribution in [0.3, 0.4) is 0 Å². The van der Waals surface area contributed by atoms with Crippen molar-refractivity contribution in [3.63, 3.8) is 0 Å². The van der Waals surface area contributed by atoms with Crippen LogP contribution >= 0.6 is 7.82 Å². The van der Waals surface area contributed by atoms with Crippen LogP contribution in [0.1, 0.15) is 174 Å². The predicted molar refractivity (Wildman–Crippen MR) is 203 cm³/mol. The molecule has 51 heavy (non-hydrogen) atoms. The summed E-state index contributed by atoms with van der Waals surface area (Å²) in [5.41, 5.74) is 5.32. The molecule has 0 aliphatic heterocycles. The van der Waals surface area contributed by atoms with Gasteiger partial charge < -0.3 is 25.2 Å². The number of phosphoric ester groups is 1. The largest absolute Gasteiger partial charge is 0.480 e. The molecule has 3 unspecified atom stereocenters. The molecule has 4 N–H and O–H groups in total. The quantitative estimate of drug-likeness (QED) is 0.0239. The van der Waals surface area contributed by atoms with E-state index in [2.05, 4.69) is 42.7 Å². The molecule has 12 heteroatoms. The Hall–Kier alpha value is -2.04. The van der Waals surface area contributed by atoms with Gasteiger partial charge in [-0.3, -0.25) is 23.4 Å². The molecule has 11 nitrogen and oxygen atoms in total. The molecule has 0 aromatic rings. The zero-order valence-electron chi connectivity index (χ0n) is 31.9. The van der Waals surface area contributed by atoms with E-state index in [0.29, 0.717) is 12.8 Å². The molecule has 0 radical (unpaired) electrons. The van der Waals surface area contributed by atoms with Gasteiger partial charge in [-0.25, -0.2) is 4.57 Å². The molecule has 298 valence electrons. The summed E-state index contributed by atoms with van der Waals surface area (Å²) < 4.78 is 32.6. The molecule has 0 saturated carbocycles. The van der Waals surface area contributed by atoms with Crippen LogP contribution in [0.4, 0.5) is 0 Å². The van der Waals surface area contributed by atoms with Crippen LogP contribution in [0.15, 0.2) is 24.3 Å². The minimum atomic E-state index is -4.71. The molecule has 0 amide bonds. The summed E-state index contributed by atoms with van der Waals surface area (Å²) in [6.45, 7) is 2.75. The Labute approximate surface area is 309 Å². The van der Waals surface area contributed by atoms with Gasteiger partial charge in [0.1, 0.15) is 12.6 Å². The van der Waals surface area contributed by atoms with Gasteiger partial charge in [-0.05, 0) is 64.2 Å². The van der Waals surface area contributed by atoms with Gasteiger partial charge in [-0.2, -0.15) is 0 Å². The lowest BCUT2D eigenvalue weighted by Crippen LogP contribution is -2.34. The maximum Gasteiger partial charge on any atom is 0.472 e. The van der Waals surface area contributed by atoms with Crippen molar-refractivity contribution >= 4 is 25.7 Å². The second-order valence-corrected chi connectivity index (χ2v) is 14.9. The number of carbonyl (C=O) groups is 3. The number of hydrogen-bond acceptors (Lipinski definition) is 9. The van der Waals surface area contributed by atoms with Crippen molar-refractivity contribution in [2.45, 2.75) is 187 Å². The van der Waals surface area contributed by atoms with E-state index in [9.17, 15) is 23.8 Å². The first-order valence-electron chi connectivity index (χ1n) is 19.9. The highest BCUT2D eigenvalue weighted by molar-refractivity contribution is 7.47. The van der Waals surface area contributed by atoms with Crippen molar-refractivity contribution in [2.24, 2.45) is 5.73 Å². The van der Waals surface area contributed by atoms with Gasteiger partial charge >= 0.3 is 25.7 Å². The third kappa shape index (κ3) is 34.8. The molecule has 0 aliphatic rings. The fourth-order valence-corrected chi connectivity index (χ4v) is 6.01. The van der Waals surface area contributed by atoms with Gasteiger partial charge in [-0.1, -0.05) is 122 Å². The number of hydrogen-bond donors (Lipinski definition) is 3. The van der Waals surface area contributed by atoms with Crippen LogP contribution in [0.25, 0.3) is 0 Å². The van der Waals surface area contributed by atoms with Gasteiger partial charge in [0.25, 0.3) is 0 Å². The molecule has 0 saturated heterocycles. The number of carboxylic acid groups (broad SMARTS) is 1. The summed E-state index contributed by atoms with van der Waals surface area (Å²) in [4.78, 5) is 45.8. The van der Waals surface area contributed by atoms with E-state index < -0.39 is 51.1 Å². The summed E-state index contributed by atoms with van der Waals surface area (Å²) in [5, 5.41) is 8.86. The Morgan fingerprint density at radius 3 is 1.45 bits per heavy atom. The Bertz CT molecular complexity index is 974. The minimum Gasteiger partial charge on any atom is -0.480 e. The smallest absolute Gasteiger partial charge is 0.472 e. The Kier molecular flexibility index (Phi) is 33.6. The van der Waals surface area contributed by atoms with Crippen molar-refractivity contribution in [3.05, 3.63) is 24.3 Å². The summed E-state index contributed by atoms with van der Waals surface area (Å²) in [5.74, 6) is -2.40. The SMILES string of the molecule is CCCCCC/C=C\CCCCCCCC(=O)OCC(COP(=O)(O)OCC(N)C(=O)O)OC(=O)CCCCCCC/C=C\CCCCCCC. The number of carboxylic acids is 1. The van der Waals surface area contributed by atoms with E-state index in [0.717, 1.165) is 77.0 Å².